The summed E-state index contributed by atoms with van der Waals surface area (Å²) in [4.78, 5) is 22.9. The number of amides is 2. The van der Waals surface area contributed by atoms with Gasteiger partial charge in [0.15, 0.2) is 0 Å². The van der Waals surface area contributed by atoms with Crippen molar-refractivity contribution in [1.82, 2.24) is 5.32 Å². The number of hydrogen-bond donors (Lipinski definition) is 3. The molecule has 2 amide bonds. The van der Waals surface area contributed by atoms with Crippen molar-refractivity contribution >= 4 is 29.3 Å². The van der Waals surface area contributed by atoms with Crippen molar-refractivity contribution in [3.05, 3.63) is 28.8 Å². The number of nitrogens with zero attached hydrogens (tertiary/aromatic N) is 1. The van der Waals surface area contributed by atoms with Crippen LogP contribution in [-0.4, -0.2) is 23.1 Å². The number of urea groups is 1. The molecule has 1 atom stereocenters. The Morgan fingerprint density at radius 3 is 2.62 bits per heavy atom. The predicted octanol–water partition coefficient (Wildman–Crippen LogP) is 2.83. The van der Waals surface area contributed by atoms with E-state index in [-0.39, 0.29) is 17.2 Å². The molecule has 0 aliphatic heterocycles. The maximum Gasteiger partial charge on any atom is 0.326 e. The molecular formula is C14H16ClN3O3. The fraction of sp³-hybridized carbons (Fsp3) is 0.357. The number of carboxylic acids is 1. The zero-order valence-electron chi connectivity index (χ0n) is 11.7. The fourth-order valence-corrected chi connectivity index (χ4v) is 1.90. The van der Waals surface area contributed by atoms with Crippen LogP contribution in [0, 0.1) is 17.2 Å². The molecule has 0 aliphatic carbocycles. The second-order valence-electron chi connectivity index (χ2n) is 4.92. The number of nitriles is 1. The Balaban J connectivity index is 2.79. The Labute approximate surface area is 127 Å². The van der Waals surface area contributed by atoms with Gasteiger partial charge in [-0.3, -0.25) is 0 Å². The Morgan fingerprint density at radius 2 is 2.10 bits per heavy atom. The third-order valence-electron chi connectivity index (χ3n) is 2.66. The van der Waals surface area contributed by atoms with Gasteiger partial charge in [-0.05, 0) is 30.5 Å². The van der Waals surface area contributed by atoms with E-state index in [1.807, 2.05) is 19.9 Å². The normalized spacial score (nSPS) is 11.6. The maximum atomic E-state index is 11.9. The van der Waals surface area contributed by atoms with E-state index in [0.717, 1.165) is 0 Å². The van der Waals surface area contributed by atoms with E-state index in [1.54, 1.807) is 0 Å². The molecule has 0 saturated carbocycles. The average Bonchev–Trinajstić information content (AvgIpc) is 2.37. The van der Waals surface area contributed by atoms with Crippen molar-refractivity contribution < 1.29 is 14.7 Å². The molecule has 7 heteroatoms. The van der Waals surface area contributed by atoms with Gasteiger partial charge in [0.25, 0.3) is 0 Å². The van der Waals surface area contributed by atoms with Crippen LogP contribution < -0.4 is 10.6 Å². The summed E-state index contributed by atoms with van der Waals surface area (Å²) < 4.78 is 0. The molecule has 3 N–H and O–H groups in total. The van der Waals surface area contributed by atoms with Gasteiger partial charge in [0.2, 0.25) is 0 Å². The topological polar surface area (TPSA) is 102 Å². The van der Waals surface area contributed by atoms with E-state index in [1.165, 1.54) is 18.2 Å². The third-order valence-corrected chi connectivity index (χ3v) is 2.90. The molecule has 21 heavy (non-hydrogen) atoms. The summed E-state index contributed by atoms with van der Waals surface area (Å²) in [6.45, 7) is 3.72. The molecule has 1 aromatic carbocycles. The largest absolute Gasteiger partial charge is 0.480 e. The Bertz CT molecular complexity index is 581. The molecule has 0 bridgehead atoms. The molecule has 6 nitrogen and oxygen atoms in total. The summed E-state index contributed by atoms with van der Waals surface area (Å²) in [5, 5.41) is 23.2. The van der Waals surface area contributed by atoms with Gasteiger partial charge in [0, 0.05) is 5.02 Å². The first-order valence-corrected chi connectivity index (χ1v) is 6.71. The lowest BCUT2D eigenvalue weighted by Crippen LogP contribution is -2.43. The third kappa shape index (κ3) is 5.32. The number of rotatable bonds is 5. The zero-order valence-corrected chi connectivity index (χ0v) is 12.4. The van der Waals surface area contributed by atoms with Crippen LogP contribution in [0.2, 0.25) is 5.02 Å². The lowest BCUT2D eigenvalue weighted by molar-refractivity contribution is -0.139. The Hall–Kier alpha value is -2.26. The molecule has 0 fully saturated rings. The molecule has 1 rings (SSSR count). The monoisotopic (exact) mass is 309 g/mol. The summed E-state index contributed by atoms with van der Waals surface area (Å²) >= 11 is 5.81. The first-order valence-electron chi connectivity index (χ1n) is 6.33. The highest BCUT2D eigenvalue weighted by Gasteiger charge is 2.21. The van der Waals surface area contributed by atoms with Gasteiger partial charge >= 0.3 is 12.0 Å². The molecular weight excluding hydrogens is 294 g/mol. The van der Waals surface area contributed by atoms with Crippen LogP contribution in [0.25, 0.3) is 0 Å². The average molecular weight is 310 g/mol. The van der Waals surface area contributed by atoms with Gasteiger partial charge in [0.1, 0.15) is 12.1 Å². The molecule has 112 valence electrons. The van der Waals surface area contributed by atoms with Crippen molar-refractivity contribution in [3.63, 3.8) is 0 Å². The van der Waals surface area contributed by atoms with Gasteiger partial charge in [0.05, 0.1) is 11.3 Å². The summed E-state index contributed by atoms with van der Waals surface area (Å²) in [5.74, 6) is -0.988. The van der Waals surface area contributed by atoms with Crippen LogP contribution in [0.5, 0.6) is 0 Å². The van der Waals surface area contributed by atoms with E-state index in [4.69, 9.17) is 22.0 Å². The van der Waals surface area contributed by atoms with E-state index < -0.39 is 18.0 Å². The summed E-state index contributed by atoms with van der Waals surface area (Å²) in [6.07, 6.45) is 0.309. The lowest BCUT2D eigenvalue weighted by Gasteiger charge is -2.17. The number of halogens is 1. The van der Waals surface area contributed by atoms with E-state index in [0.29, 0.717) is 11.4 Å². The van der Waals surface area contributed by atoms with Crippen LogP contribution in [0.3, 0.4) is 0 Å². The molecule has 0 spiro atoms. The van der Waals surface area contributed by atoms with Crippen molar-refractivity contribution in [2.24, 2.45) is 5.92 Å². The van der Waals surface area contributed by atoms with E-state index >= 15 is 0 Å². The van der Waals surface area contributed by atoms with Gasteiger partial charge in [-0.25, -0.2) is 9.59 Å². The van der Waals surface area contributed by atoms with Crippen LogP contribution in [-0.2, 0) is 4.79 Å². The zero-order chi connectivity index (χ0) is 16.0. The fourth-order valence-electron chi connectivity index (χ4n) is 1.73. The maximum absolute atomic E-state index is 11.9. The molecule has 0 unspecified atom stereocenters. The number of carboxylic acid groups (broad SMARTS) is 1. The first kappa shape index (κ1) is 16.8. The molecule has 0 saturated heterocycles. The van der Waals surface area contributed by atoms with Gasteiger partial charge in [-0.15, -0.1) is 0 Å². The quantitative estimate of drug-likeness (QED) is 0.778. The predicted molar refractivity (Wildman–Crippen MR) is 79.2 cm³/mol. The lowest BCUT2D eigenvalue weighted by atomic mass is 10.0. The molecule has 1 aromatic rings. The van der Waals surface area contributed by atoms with Gasteiger partial charge < -0.3 is 15.7 Å². The number of nitrogens with one attached hydrogen (secondary N) is 2. The molecule has 0 heterocycles. The summed E-state index contributed by atoms with van der Waals surface area (Å²) in [7, 11) is 0. The Kier molecular flexibility index (Phi) is 6.00. The van der Waals surface area contributed by atoms with Crippen LogP contribution in [0.1, 0.15) is 25.8 Å². The second kappa shape index (κ2) is 7.50. The standard InChI is InChI=1S/C14H16ClN3O3/c1-8(2)5-12(13(19)20)18-14(21)17-11-6-10(15)4-3-9(11)7-16/h3-4,6,8,12H,5H2,1-2H3,(H,19,20)(H2,17,18,21)/t12-/m0/s1. The summed E-state index contributed by atoms with van der Waals surface area (Å²) in [6, 6.07) is 4.67. The molecule has 0 radical (unpaired) electrons. The smallest absolute Gasteiger partial charge is 0.326 e. The summed E-state index contributed by atoms with van der Waals surface area (Å²) in [5.41, 5.74) is 0.474. The van der Waals surface area contributed by atoms with E-state index in [2.05, 4.69) is 10.6 Å². The minimum Gasteiger partial charge on any atom is -0.480 e. The number of hydrogen-bond acceptors (Lipinski definition) is 3. The highest BCUT2D eigenvalue weighted by atomic mass is 35.5. The van der Waals surface area contributed by atoms with Crippen molar-refractivity contribution in [1.29, 1.82) is 5.26 Å². The second-order valence-corrected chi connectivity index (χ2v) is 5.36. The SMILES string of the molecule is CC(C)C[C@H](NC(=O)Nc1cc(Cl)ccc1C#N)C(=O)O. The van der Waals surface area contributed by atoms with Gasteiger partial charge in [-0.1, -0.05) is 25.4 Å². The minimum atomic E-state index is -1.11. The van der Waals surface area contributed by atoms with E-state index in [9.17, 15) is 9.59 Å². The molecule has 0 aliphatic rings. The minimum absolute atomic E-state index is 0.118. The van der Waals surface area contributed by atoms with Crippen molar-refractivity contribution in [2.75, 3.05) is 5.32 Å². The number of carbonyl (C=O) groups excluding carboxylic acids is 1. The Morgan fingerprint density at radius 1 is 1.43 bits per heavy atom. The number of aliphatic carboxylic acids is 1. The highest BCUT2D eigenvalue weighted by molar-refractivity contribution is 6.31. The number of anilines is 1. The van der Waals surface area contributed by atoms with Crippen molar-refractivity contribution in [3.8, 4) is 6.07 Å². The van der Waals surface area contributed by atoms with Crippen LogP contribution in [0.15, 0.2) is 18.2 Å². The van der Waals surface area contributed by atoms with Gasteiger partial charge in [-0.2, -0.15) is 5.26 Å². The van der Waals surface area contributed by atoms with Crippen molar-refractivity contribution in [2.45, 2.75) is 26.3 Å². The van der Waals surface area contributed by atoms with Crippen LogP contribution in [0.4, 0.5) is 10.5 Å². The first-order chi connectivity index (χ1) is 9.83. The molecule has 0 aromatic heterocycles. The van der Waals surface area contributed by atoms with Crippen LogP contribution >= 0.6 is 11.6 Å². The number of carbonyl (C=O) groups is 2. The number of benzene rings is 1. The highest BCUT2D eigenvalue weighted by Crippen LogP contribution is 2.20.